The molecule has 4 heteroatoms. The Balaban J connectivity index is -0.000000109. The van der Waals surface area contributed by atoms with Gasteiger partial charge in [-0.05, 0) is 20.8 Å². The summed E-state index contributed by atoms with van der Waals surface area (Å²) in [5.41, 5.74) is 0.0417. The van der Waals surface area contributed by atoms with Crippen molar-refractivity contribution in [2.45, 2.75) is 26.4 Å². The number of hydrogen-bond acceptors (Lipinski definition) is 2. The molecule has 0 bridgehead atoms. The standard InChI is InChI=1S/C5H12O.CH2Cl2.CH4O/c1-5(2,3)6-4;2-1-3;1-2/h1-4H3;1H2;2H,1H3. The Hall–Kier alpha value is 0.500. The maximum absolute atomic E-state index is 7.00. The Morgan fingerprint density at radius 1 is 1.18 bits per heavy atom. The fraction of sp³-hybridized carbons (Fsp3) is 1.00. The van der Waals surface area contributed by atoms with Crippen LogP contribution in [0.1, 0.15) is 20.8 Å². The second kappa shape index (κ2) is 13.1. The van der Waals surface area contributed by atoms with Crippen LogP contribution in [0.3, 0.4) is 0 Å². The number of hydrogen-bond donors (Lipinski definition) is 1. The Morgan fingerprint density at radius 2 is 1.27 bits per heavy atom. The molecule has 0 aliphatic carbocycles. The van der Waals surface area contributed by atoms with E-state index in [2.05, 4.69) is 0 Å². The minimum atomic E-state index is 0.0417. The van der Waals surface area contributed by atoms with Gasteiger partial charge in [-0.3, -0.25) is 0 Å². The van der Waals surface area contributed by atoms with Crippen molar-refractivity contribution in [1.29, 1.82) is 0 Å². The van der Waals surface area contributed by atoms with Crippen LogP contribution < -0.4 is 0 Å². The Labute approximate surface area is 79.5 Å². The summed E-state index contributed by atoms with van der Waals surface area (Å²) < 4.78 is 4.94. The number of halogens is 2. The molecule has 0 aromatic rings. The molecule has 0 aromatic heterocycles. The molecule has 2 nitrogen and oxygen atoms in total. The third-order valence-electron chi connectivity index (χ3n) is 0.612. The van der Waals surface area contributed by atoms with Crippen molar-refractivity contribution in [3.63, 3.8) is 0 Å². The van der Waals surface area contributed by atoms with Gasteiger partial charge in [0.05, 0.1) is 10.9 Å². The zero-order chi connectivity index (χ0) is 9.91. The van der Waals surface area contributed by atoms with Gasteiger partial charge in [0.2, 0.25) is 0 Å². The lowest BCUT2D eigenvalue weighted by Gasteiger charge is -2.14. The van der Waals surface area contributed by atoms with Crippen LogP contribution >= 0.6 is 23.2 Å². The van der Waals surface area contributed by atoms with E-state index >= 15 is 0 Å². The Morgan fingerprint density at radius 3 is 1.27 bits per heavy atom. The van der Waals surface area contributed by atoms with Crippen LogP contribution in [0.25, 0.3) is 0 Å². The highest BCUT2D eigenvalue weighted by atomic mass is 35.5. The fourth-order valence-corrected chi connectivity index (χ4v) is 0. The molecule has 0 fully saturated rings. The maximum atomic E-state index is 7.00. The predicted molar refractivity (Wildman–Crippen MR) is 51.5 cm³/mol. The SMILES string of the molecule is CO.COC(C)(C)C.ClCCl. The minimum absolute atomic E-state index is 0.0417. The molecule has 0 heterocycles. The molecule has 0 atom stereocenters. The summed E-state index contributed by atoms with van der Waals surface area (Å²) in [7, 11) is 2.71. The van der Waals surface area contributed by atoms with Gasteiger partial charge in [-0.2, -0.15) is 0 Å². The molecule has 0 aromatic carbocycles. The lowest BCUT2D eigenvalue weighted by atomic mass is 10.2. The van der Waals surface area contributed by atoms with Crippen molar-refractivity contribution in [3.05, 3.63) is 0 Å². The molecule has 0 unspecified atom stereocenters. The van der Waals surface area contributed by atoms with Crippen LogP contribution in [0.15, 0.2) is 0 Å². The molecule has 0 saturated heterocycles. The summed E-state index contributed by atoms with van der Waals surface area (Å²) in [5, 5.41) is 7.19. The maximum Gasteiger partial charge on any atom is 0.0967 e. The molecule has 0 amide bonds. The van der Waals surface area contributed by atoms with Gasteiger partial charge in [0.15, 0.2) is 0 Å². The Bertz CT molecular complexity index is 52.9. The monoisotopic (exact) mass is 204 g/mol. The highest BCUT2D eigenvalue weighted by Gasteiger charge is 2.03. The zero-order valence-corrected chi connectivity index (χ0v) is 9.33. The number of alkyl halides is 2. The topological polar surface area (TPSA) is 29.5 Å². The first-order valence-electron chi connectivity index (χ1n) is 3.09. The first kappa shape index (κ1) is 17.5. The van der Waals surface area contributed by atoms with Gasteiger partial charge >= 0.3 is 0 Å². The van der Waals surface area contributed by atoms with E-state index in [1.165, 1.54) is 0 Å². The van der Waals surface area contributed by atoms with Gasteiger partial charge in [-0.1, -0.05) is 0 Å². The number of ether oxygens (including phenoxy) is 1. The molecule has 0 aliphatic rings. The molecule has 0 spiro atoms. The second-order valence-electron chi connectivity index (χ2n) is 2.42. The fourth-order valence-electron chi connectivity index (χ4n) is 0. The molecular formula is C7H18Cl2O2. The third kappa shape index (κ3) is 61.9. The first-order valence-corrected chi connectivity index (χ1v) is 4.16. The van der Waals surface area contributed by atoms with E-state index in [1.54, 1.807) is 7.11 Å². The average Bonchev–Trinajstić information content (AvgIpc) is 1.93. The van der Waals surface area contributed by atoms with E-state index in [0.29, 0.717) is 0 Å². The highest BCUT2D eigenvalue weighted by molar-refractivity contribution is 6.40. The van der Waals surface area contributed by atoms with E-state index in [-0.39, 0.29) is 10.9 Å². The van der Waals surface area contributed by atoms with Crippen LogP contribution in [-0.2, 0) is 4.74 Å². The van der Waals surface area contributed by atoms with E-state index in [1.807, 2.05) is 20.8 Å². The summed E-state index contributed by atoms with van der Waals surface area (Å²) >= 11 is 9.53. The smallest absolute Gasteiger partial charge is 0.0967 e. The molecule has 11 heavy (non-hydrogen) atoms. The summed E-state index contributed by atoms with van der Waals surface area (Å²) in [5.74, 6) is 0. The van der Waals surface area contributed by atoms with Crippen molar-refractivity contribution in [2.24, 2.45) is 0 Å². The number of rotatable bonds is 0. The summed E-state index contributed by atoms with van der Waals surface area (Å²) in [6.45, 7) is 6.06. The van der Waals surface area contributed by atoms with Crippen LogP contribution in [0.4, 0.5) is 0 Å². The molecule has 0 aliphatic heterocycles. The van der Waals surface area contributed by atoms with Gasteiger partial charge in [-0.25, -0.2) is 0 Å². The summed E-state index contributed by atoms with van der Waals surface area (Å²) in [6.07, 6.45) is 0. The largest absolute Gasteiger partial charge is 0.400 e. The minimum Gasteiger partial charge on any atom is -0.400 e. The third-order valence-corrected chi connectivity index (χ3v) is 0.612. The van der Waals surface area contributed by atoms with Gasteiger partial charge < -0.3 is 9.84 Å². The number of aliphatic hydroxyl groups excluding tert-OH is 1. The predicted octanol–water partition coefficient (Wildman–Crippen LogP) is 2.46. The van der Waals surface area contributed by atoms with E-state index in [0.717, 1.165) is 7.11 Å². The van der Waals surface area contributed by atoms with Gasteiger partial charge in [0, 0.05) is 14.2 Å². The summed E-state index contributed by atoms with van der Waals surface area (Å²) in [6, 6.07) is 0. The van der Waals surface area contributed by atoms with E-state index < -0.39 is 0 Å². The second-order valence-corrected chi connectivity index (χ2v) is 3.23. The van der Waals surface area contributed by atoms with Crippen LogP contribution in [0, 0.1) is 0 Å². The van der Waals surface area contributed by atoms with Crippen molar-refractivity contribution in [2.75, 3.05) is 19.6 Å². The first-order chi connectivity index (χ1) is 4.97. The molecule has 0 radical (unpaired) electrons. The summed E-state index contributed by atoms with van der Waals surface area (Å²) in [4.78, 5) is 0. The average molecular weight is 205 g/mol. The van der Waals surface area contributed by atoms with Gasteiger partial charge in [-0.15, -0.1) is 23.2 Å². The molecule has 0 rings (SSSR count). The molecule has 0 saturated carbocycles. The zero-order valence-electron chi connectivity index (χ0n) is 7.82. The highest BCUT2D eigenvalue weighted by Crippen LogP contribution is 2.02. The Kier molecular flexibility index (Phi) is 20.9. The van der Waals surface area contributed by atoms with Crippen molar-refractivity contribution in [1.82, 2.24) is 0 Å². The van der Waals surface area contributed by atoms with E-state index in [4.69, 9.17) is 33.0 Å². The van der Waals surface area contributed by atoms with Crippen molar-refractivity contribution >= 4 is 23.2 Å². The van der Waals surface area contributed by atoms with Crippen LogP contribution in [-0.4, -0.2) is 30.3 Å². The number of methoxy groups -OCH3 is 1. The normalized spacial score (nSPS) is 8.73. The van der Waals surface area contributed by atoms with Crippen molar-refractivity contribution < 1.29 is 9.84 Å². The van der Waals surface area contributed by atoms with Crippen LogP contribution in [0.2, 0.25) is 0 Å². The van der Waals surface area contributed by atoms with Crippen LogP contribution in [0.5, 0.6) is 0 Å². The quantitative estimate of drug-likeness (QED) is 0.615. The van der Waals surface area contributed by atoms with Gasteiger partial charge in [0.25, 0.3) is 0 Å². The van der Waals surface area contributed by atoms with Crippen molar-refractivity contribution in [3.8, 4) is 0 Å². The number of aliphatic hydroxyl groups is 1. The lowest BCUT2D eigenvalue weighted by Crippen LogP contribution is -2.15. The lowest BCUT2D eigenvalue weighted by molar-refractivity contribution is 0.0397. The van der Waals surface area contributed by atoms with E-state index in [9.17, 15) is 0 Å². The molecule has 1 N–H and O–H groups in total. The van der Waals surface area contributed by atoms with Gasteiger partial charge in [0.1, 0.15) is 0 Å². The molecular weight excluding hydrogens is 187 g/mol. The molecule has 72 valence electrons.